The number of ether oxygens (including phenoxy) is 3. The third-order valence-corrected chi connectivity index (χ3v) is 4.34. The molecule has 25 heavy (non-hydrogen) atoms. The first kappa shape index (κ1) is 16.0. The van der Waals surface area contributed by atoms with Crippen molar-refractivity contribution in [2.75, 3.05) is 13.2 Å². The fraction of sp³-hybridized carbons (Fsp3) is 0.222. The van der Waals surface area contributed by atoms with Crippen LogP contribution in [0.2, 0.25) is 0 Å². The summed E-state index contributed by atoms with van der Waals surface area (Å²) in [5.41, 5.74) is 0.905. The third kappa shape index (κ3) is 3.34. The Labute approximate surface area is 150 Å². The molecule has 1 aliphatic rings. The highest BCUT2D eigenvalue weighted by Gasteiger charge is 2.39. The fourth-order valence-electron chi connectivity index (χ4n) is 2.81. The molecular formula is C18H17N3O3S. The van der Waals surface area contributed by atoms with E-state index in [2.05, 4.69) is 10.1 Å². The second-order valence-electron chi connectivity index (χ2n) is 5.65. The van der Waals surface area contributed by atoms with Gasteiger partial charge in [-0.3, -0.25) is 9.78 Å². The van der Waals surface area contributed by atoms with Crippen molar-refractivity contribution < 1.29 is 14.2 Å². The third-order valence-electron chi connectivity index (χ3n) is 4.01. The molecule has 0 atom stereocenters. The van der Waals surface area contributed by atoms with Gasteiger partial charge in [-0.25, -0.2) is 4.98 Å². The number of nitrogens with zero attached hydrogens (tertiary/aromatic N) is 2. The summed E-state index contributed by atoms with van der Waals surface area (Å²) in [5, 5.41) is 2.99. The minimum absolute atomic E-state index is 0.407. The van der Waals surface area contributed by atoms with Gasteiger partial charge in [-0.1, -0.05) is 18.2 Å². The zero-order chi connectivity index (χ0) is 17.1. The molecule has 0 unspecified atom stereocenters. The molecule has 0 radical (unpaired) electrons. The van der Waals surface area contributed by atoms with E-state index in [1.807, 2.05) is 54.6 Å². The van der Waals surface area contributed by atoms with Crippen molar-refractivity contribution in [3.63, 3.8) is 0 Å². The Morgan fingerprint density at radius 3 is 2.36 bits per heavy atom. The van der Waals surface area contributed by atoms with Gasteiger partial charge in [0.05, 0.1) is 13.2 Å². The van der Waals surface area contributed by atoms with Crippen LogP contribution in [0.25, 0.3) is 0 Å². The van der Waals surface area contributed by atoms with Crippen LogP contribution in [0.3, 0.4) is 0 Å². The topological polar surface area (TPSA) is 61.3 Å². The summed E-state index contributed by atoms with van der Waals surface area (Å²) < 4.78 is 19.9. The Balaban J connectivity index is 1.58. The number of para-hydroxylation sites is 1. The molecule has 0 spiro atoms. The minimum atomic E-state index is -0.879. The highest BCUT2D eigenvalue weighted by atomic mass is 32.1. The van der Waals surface area contributed by atoms with Gasteiger partial charge in [-0.05, 0) is 48.6 Å². The molecule has 6 nitrogen and oxygen atoms in total. The van der Waals surface area contributed by atoms with Gasteiger partial charge in [0.1, 0.15) is 24.4 Å². The summed E-state index contributed by atoms with van der Waals surface area (Å²) in [4.78, 5) is 4.04. The highest BCUT2D eigenvalue weighted by molar-refractivity contribution is 7.71. The van der Waals surface area contributed by atoms with E-state index in [9.17, 15) is 0 Å². The molecule has 0 saturated carbocycles. The van der Waals surface area contributed by atoms with Crippen molar-refractivity contribution >= 4 is 12.2 Å². The van der Waals surface area contributed by atoms with Gasteiger partial charge in [0.15, 0.2) is 0 Å². The van der Waals surface area contributed by atoms with Gasteiger partial charge in [0.25, 0.3) is 0 Å². The van der Waals surface area contributed by atoms with Crippen LogP contribution in [0.15, 0.2) is 60.9 Å². The van der Waals surface area contributed by atoms with E-state index < -0.39 is 5.79 Å². The Hall–Kier alpha value is -2.48. The molecule has 1 N–H and O–H groups in total. The lowest BCUT2D eigenvalue weighted by Gasteiger charge is -2.28. The van der Waals surface area contributed by atoms with Crippen molar-refractivity contribution in [3.8, 4) is 11.5 Å². The lowest BCUT2D eigenvalue weighted by Crippen LogP contribution is -2.33. The second kappa shape index (κ2) is 6.79. The summed E-state index contributed by atoms with van der Waals surface area (Å²) in [5.74, 6) is 0.666. The molecule has 1 fully saturated rings. The molecule has 1 saturated heterocycles. The smallest absolute Gasteiger partial charge is 0.215 e. The maximum Gasteiger partial charge on any atom is 0.215 e. The molecule has 2 heterocycles. The van der Waals surface area contributed by atoms with Gasteiger partial charge in [0, 0.05) is 5.56 Å². The van der Waals surface area contributed by atoms with Crippen molar-refractivity contribution in [1.29, 1.82) is 0 Å². The Kier molecular flexibility index (Phi) is 4.35. The number of benzene rings is 2. The first-order valence-corrected chi connectivity index (χ1v) is 8.38. The largest absolute Gasteiger partial charge is 0.457 e. The van der Waals surface area contributed by atoms with Crippen molar-refractivity contribution in [2.24, 2.45) is 0 Å². The van der Waals surface area contributed by atoms with Crippen LogP contribution in [-0.4, -0.2) is 28.0 Å². The number of rotatable bonds is 5. The maximum atomic E-state index is 5.94. The zero-order valence-electron chi connectivity index (χ0n) is 13.4. The van der Waals surface area contributed by atoms with E-state index in [0.717, 1.165) is 17.1 Å². The normalized spacial score (nSPS) is 16.0. The first-order chi connectivity index (χ1) is 12.3. The molecule has 7 heteroatoms. The molecule has 0 bridgehead atoms. The number of nitrogens with one attached hydrogen (secondary N) is 1. The Bertz CT molecular complexity index is 884. The molecule has 0 aliphatic carbocycles. The molecule has 0 amide bonds. The van der Waals surface area contributed by atoms with E-state index >= 15 is 0 Å². The molecule has 4 rings (SSSR count). The number of hydrogen-bond acceptors (Lipinski definition) is 5. The van der Waals surface area contributed by atoms with Crippen LogP contribution in [0, 0.1) is 4.77 Å². The summed E-state index contributed by atoms with van der Waals surface area (Å²) in [6.45, 7) is 1.47. The SMILES string of the molecule is S=c1nc[nH]n1CC1(c2ccc(Oc3ccccc3)cc2)OCCO1. The Morgan fingerprint density at radius 2 is 1.72 bits per heavy atom. The molecule has 1 aromatic heterocycles. The van der Waals surface area contributed by atoms with Crippen LogP contribution in [0.4, 0.5) is 0 Å². The minimum Gasteiger partial charge on any atom is -0.457 e. The van der Waals surface area contributed by atoms with Gasteiger partial charge in [-0.15, -0.1) is 0 Å². The average molecular weight is 355 g/mol. The number of H-pyrrole nitrogens is 1. The van der Waals surface area contributed by atoms with Crippen molar-refractivity contribution in [3.05, 3.63) is 71.3 Å². The van der Waals surface area contributed by atoms with Crippen LogP contribution in [0.5, 0.6) is 11.5 Å². The van der Waals surface area contributed by atoms with Gasteiger partial charge in [-0.2, -0.15) is 0 Å². The molecule has 3 aromatic rings. The highest BCUT2D eigenvalue weighted by Crippen LogP contribution is 2.34. The van der Waals surface area contributed by atoms with Gasteiger partial charge >= 0.3 is 0 Å². The van der Waals surface area contributed by atoms with Crippen molar-refractivity contribution in [1.82, 2.24) is 14.8 Å². The first-order valence-electron chi connectivity index (χ1n) is 7.97. The van der Waals surface area contributed by atoms with Crippen LogP contribution in [0.1, 0.15) is 5.56 Å². The molecular weight excluding hydrogens is 338 g/mol. The maximum absolute atomic E-state index is 5.94. The number of aromatic nitrogens is 3. The molecule has 1 aliphatic heterocycles. The van der Waals surface area contributed by atoms with Crippen molar-refractivity contribution in [2.45, 2.75) is 12.3 Å². The van der Waals surface area contributed by atoms with Crippen LogP contribution < -0.4 is 4.74 Å². The van der Waals surface area contributed by atoms with E-state index in [1.54, 1.807) is 11.0 Å². The van der Waals surface area contributed by atoms with Gasteiger partial charge in [0.2, 0.25) is 10.6 Å². The molecule has 128 valence electrons. The summed E-state index contributed by atoms with van der Waals surface area (Å²) in [7, 11) is 0. The van der Waals surface area contributed by atoms with E-state index in [-0.39, 0.29) is 0 Å². The summed E-state index contributed by atoms with van der Waals surface area (Å²) in [6.07, 6.45) is 1.56. The lowest BCUT2D eigenvalue weighted by molar-refractivity contribution is -0.178. The van der Waals surface area contributed by atoms with Crippen LogP contribution >= 0.6 is 12.2 Å². The fourth-order valence-corrected chi connectivity index (χ4v) is 2.98. The van der Waals surface area contributed by atoms with Crippen LogP contribution in [-0.2, 0) is 21.8 Å². The van der Waals surface area contributed by atoms with E-state index in [0.29, 0.717) is 24.5 Å². The Morgan fingerprint density at radius 1 is 1.04 bits per heavy atom. The van der Waals surface area contributed by atoms with E-state index in [4.69, 9.17) is 26.4 Å². The van der Waals surface area contributed by atoms with E-state index in [1.165, 1.54) is 0 Å². The predicted octanol–water partition coefficient (Wildman–Crippen LogP) is 3.63. The quantitative estimate of drug-likeness (QED) is 0.708. The predicted molar refractivity (Wildman–Crippen MR) is 94.0 cm³/mol. The second-order valence-corrected chi connectivity index (χ2v) is 6.01. The van der Waals surface area contributed by atoms with Gasteiger partial charge < -0.3 is 14.2 Å². The summed E-state index contributed by atoms with van der Waals surface area (Å²) in [6, 6.07) is 17.4. The average Bonchev–Trinajstić information content (AvgIpc) is 3.27. The molecule has 2 aromatic carbocycles. The zero-order valence-corrected chi connectivity index (χ0v) is 14.2. The number of hydrogen-bond donors (Lipinski definition) is 1. The monoisotopic (exact) mass is 355 g/mol. The number of aromatic amines is 1. The summed E-state index contributed by atoms with van der Waals surface area (Å²) >= 11 is 5.20. The lowest BCUT2D eigenvalue weighted by atomic mass is 10.1. The standard InChI is InChI=1S/C18H17N3O3S/c25-17-19-13-20-21(17)12-18(22-10-11-23-18)14-6-8-16(9-7-14)24-15-4-2-1-3-5-15/h1-9,13H,10-12H2,(H,19,20,25).